The zero-order valence-corrected chi connectivity index (χ0v) is 11.6. The van der Waals surface area contributed by atoms with Crippen LogP contribution in [0.3, 0.4) is 0 Å². The van der Waals surface area contributed by atoms with Crippen molar-refractivity contribution in [2.24, 2.45) is 10.9 Å². The molecule has 0 aliphatic carbocycles. The lowest BCUT2D eigenvalue weighted by atomic mass is 10.1. The lowest BCUT2D eigenvalue weighted by molar-refractivity contribution is -0.384. The minimum atomic E-state index is -0.473. The summed E-state index contributed by atoms with van der Waals surface area (Å²) in [4.78, 5) is 12.4. The van der Waals surface area contributed by atoms with Crippen molar-refractivity contribution in [1.29, 1.82) is 0 Å². The highest BCUT2D eigenvalue weighted by molar-refractivity contribution is 7.98. The molecule has 0 amide bonds. The smallest absolute Gasteiger partial charge is 0.293 e. The number of nitrogens with zero attached hydrogens (tertiary/aromatic N) is 3. The normalized spacial score (nSPS) is 11.4. The minimum absolute atomic E-state index is 0.0623. The second-order valence-electron chi connectivity index (χ2n) is 3.86. The first-order valence-corrected chi connectivity index (χ1v) is 6.87. The zero-order valence-electron chi connectivity index (χ0n) is 10.7. The molecule has 0 spiro atoms. The van der Waals surface area contributed by atoms with Gasteiger partial charge in [0, 0.05) is 31.0 Å². The molecule has 1 rings (SSSR count). The van der Waals surface area contributed by atoms with Crippen LogP contribution in [0.15, 0.2) is 23.4 Å². The number of nitro benzene ring substituents is 1. The molecule has 0 unspecified atom stereocenters. The molecule has 8 heteroatoms. The van der Waals surface area contributed by atoms with Crippen molar-refractivity contribution in [2.45, 2.75) is 0 Å². The van der Waals surface area contributed by atoms with Crippen molar-refractivity contribution in [3.05, 3.63) is 33.9 Å². The number of thioether (sulfide) groups is 1. The summed E-state index contributed by atoms with van der Waals surface area (Å²) in [6.45, 7) is 0.699. The molecule has 1 aromatic rings. The van der Waals surface area contributed by atoms with E-state index in [4.69, 9.17) is 10.9 Å². The Morgan fingerprint density at radius 1 is 1.63 bits per heavy atom. The highest BCUT2D eigenvalue weighted by Gasteiger charge is 2.18. The Balaban J connectivity index is 3.15. The summed E-state index contributed by atoms with van der Waals surface area (Å²) in [5, 5.41) is 22.5. The Bertz CT molecular complexity index is 493. The molecule has 0 heterocycles. The summed E-state index contributed by atoms with van der Waals surface area (Å²) < 4.78 is 0. The predicted molar refractivity (Wildman–Crippen MR) is 77.3 cm³/mol. The molecular weight excluding hydrogens is 268 g/mol. The second kappa shape index (κ2) is 6.83. The molecule has 7 nitrogen and oxygen atoms in total. The average Bonchev–Trinajstić information content (AvgIpc) is 2.43. The number of hydrogen-bond acceptors (Lipinski definition) is 6. The fraction of sp³-hybridized carbons (Fsp3) is 0.364. The first-order chi connectivity index (χ1) is 9.01. The molecule has 104 valence electrons. The van der Waals surface area contributed by atoms with E-state index in [1.165, 1.54) is 6.07 Å². The van der Waals surface area contributed by atoms with Crippen LogP contribution in [0.5, 0.6) is 0 Å². The van der Waals surface area contributed by atoms with Gasteiger partial charge in [-0.25, -0.2) is 0 Å². The van der Waals surface area contributed by atoms with E-state index in [2.05, 4.69) is 5.16 Å². The van der Waals surface area contributed by atoms with Gasteiger partial charge in [-0.05, 0) is 18.4 Å². The van der Waals surface area contributed by atoms with Crippen molar-refractivity contribution in [3.63, 3.8) is 0 Å². The van der Waals surface area contributed by atoms with Gasteiger partial charge in [-0.1, -0.05) is 5.16 Å². The van der Waals surface area contributed by atoms with Gasteiger partial charge >= 0.3 is 0 Å². The van der Waals surface area contributed by atoms with Gasteiger partial charge in [0.2, 0.25) is 0 Å². The SMILES string of the molecule is CSCCN(C)c1ccc(/C(N)=N/O)cc1[N+](=O)[O-]. The summed E-state index contributed by atoms with van der Waals surface area (Å²) >= 11 is 1.67. The molecule has 0 aliphatic heterocycles. The minimum Gasteiger partial charge on any atom is -0.409 e. The summed E-state index contributed by atoms with van der Waals surface area (Å²) in [5.41, 5.74) is 6.19. The van der Waals surface area contributed by atoms with E-state index in [-0.39, 0.29) is 11.5 Å². The largest absolute Gasteiger partial charge is 0.409 e. The van der Waals surface area contributed by atoms with E-state index in [9.17, 15) is 10.1 Å². The number of amidine groups is 1. The van der Waals surface area contributed by atoms with Gasteiger partial charge in [0.1, 0.15) is 5.69 Å². The molecule has 0 radical (unpaired) electrons. The van der Waals surface area contributed by atoms with Gasteiger partial charge in [0.05, 0.1) is 4.92 Å². The van der Waals surface area contributed by atoms with Crippen LogP contribution >= 0.6 is 11.8 Å². The lowest BCUT2D eigenvalue weighted by Crippen LogP contribution is -2.22. The predicted octanol–water partition coefficient (Wildman–Crippen LogP) is 1.49. The first-order valence-electron chi connectivity index (χ1n) is 5.47. The van der Waals surface area contributed by atoms with Gasteiger partial charge in [0.15, 0.2) is 5.84 Å². The van der Waals surface area contributed by atoms with Crippen LogP contribution in [0, 0.1) is 10.1 Å². The maximum absolute atomic E-state index is 11.1. The molecule has 19 heavy (non-hydrogen) atoms. The molecule has 0 saturated heterocycles. The van der Waals surface area contributed by atoms with E-state index in [0.717, 1.165) is 5.75 Å². The molecule has 0 aromatic heterocycles. The summed E-state index contributed by atoms with van der Waals surface area (Å²) in [5.74, 6) is 0.719. The number of hydrogen-bond donors (Lipinski definition) is 2. The highest BCUT2D eigenvalue weighted by Crippen LogP contribution is 2.28. The third-order valence-corrected chi connectivity index (χ3v) is 3.21. The zero-order chi connectivity index (χ0) is 14.4. The summed E-state index contributed by atoms with van der Waals surface area (Å²) in [6.07, 6.45) is 1.98. The molecule has 0 saturated carbocycles. The molecular formula is C11H16N4O3S. The Morgan fingerprint density at radius 3 is 2.84 bits per heavy atom. The Hall–Kier alpha value is -1.96. The Labute approximate surface area is 115 Å². The second-order valence-corrected chi connectivity index (χ2v) is 4.85. The molecule has 0 aliphatic rings. The number of benzene rings is 1. The van der Waals surface area contributed by atoms with Crippen molar-refractivity contribution in [3.8, 4) is 0 Å². The third-order valence-electron chi connectivity index (χ3n) is 2.62. The van der Waals surface area contributed by atoms with Crippen molar-refractivity contribution < 1.29 is 10.1 Å². The van der Waals surface area contributed by atoms with Crippen LogP contribution < -0.4 is 10.6 Å². The van der Waals surface area contributed by atoms with Crippen LogP contribution in [-0.4, -0.2) is 41.6 Å². The summed E-state index contributed by atoms with van der Waals surface area (Å²) in [6, 6.07) is 4.50. The fourth-order valence-corrected chi connectivity index (χ4v) is 2.01. The highest BCUT2D eigenvalue weighted by atomic mass is 32.2. The van der Waals surface area contributed by atoms with Gasteiger partial charge < -0.3 is 15.8 Å². The number of anilines is 1. The van der Waals surface area contributed by atoms with Crippen LogP contribution in [0.2, 0.25) is 0 Å². The Kier molecular flexibility index (Phi) is 5.43. The van der Waals surface area contributed by atoms with E-state index in [0.29, 0.717) is 17.8 Å². The van der Waals surface area contributed by atoms with E-state index in [1.54, 1.807) is 30.9 Å². The fourth-order valence-electron chi connectivity index (χ4n) is 1.56. The van der Waals surface area contributed by atoms with Crippen LogP contribution in [0.4, 0.5) is 11.4 Å². The maximum Gasteiger partial charge on any atom is 0.293 e. The monoisotopic (exact) mass is 284 g/mol. The molecule has 1 aromatic carbocycles. The van der Waals surface area contributed by atoms with E-state index < -0.39 is 4.92 Å². The van der Waals surface area contributed by atoms with Crippen LogP contribution in [0.1, 0.15) is 5.56 Å². The van der Waals surface area contributed by atoms with E-state index >= 15 is 0 Å². The quantitative estimate of drug-likeness (QED) is 0.269. The molecule has 0 fully saturated rings. The van der Waals surface area contributed by atoms with Crippen molar-refractivity contribution in [2.75, 3.05) is 30.5 Å². The van der Waals surface area contributed by atoms with E-state index in [1.807, 2.05) is 11.2 Å². The molecule has 0 atom stereocenters. The number of oxime groups is 1. The van der Waals surface area contributed by atoms with Crippen LogP contribution in [-0.2, 0) is 0 Å². The standard InChI is InChI=1S/C11H16N4O3S/c1-14(5-6-19-2)9-4-3-8(11(12)13-16)7-10(9)15(17)18/h3-4,7,16H,5-6H2,1-2H3,(H2,12,13). The molecule has 3 N–H and O–H groups in total. The lowest BCUT2D eigenvalue weighted by Gasteiger charge is -2.18. The van der Waals surface area contributed by atoms with Crippen molar-refractivity contribution in [1.82, 2.24) is 0 Å². The first kappa shape index (κ1) is 15.1. The van der Waals surface area contributed by atoms with Gasteiger partial charge in [-0.15, -0.1) is 0 Å². The number of nitro groups is 1. The third kappa shape index (κ3) is 3.75. The van der Waals surface area contributed by atoms with Crippen molar-refractivity contribution >= 4 is 29.0 Å². The van der Waals surface area contributed by atoms with Gasteiger partial charge in [-0.3, -0.25) is 10.1 Å². The number of nitrogens with two attached hydrogens (primary N) is 1. The van der Waals surface area contributed by atoms with Gasteiger partial charge in [-0.2, -0.15) is 11.8 Å². The maximum atomic E-state index is 11.1. The number of rotatable bonds is 6. The van der Waals surface area contributed by atoms with Crippen LogP contribution in [0.25, 0.3) is 0 Å². The molecule has 0 bridgehead atoms. The Morgan fingerprint density at radius 2 is 2.32 bits per heavy atom. The van der Waals surface area contributed by atoms with Gasteiger partial charge in [0.25, 0.3) is 5.69 Å². The average molecular weight is 284 g/mol. The topological polar surface area (TPSA) is 105 Å². The summed E-state index contributed by atoms with van der Waals surface area (Å²) in [7, 11) is 1.79.